The molecule has 0 unspecified atom stereocenters. The van der Waals surface area contributed by atoms with Crippen molar-refractivity contribution in [2.45, 2.75) is 6.92 Å². The van der Waals surface area contributed by atoms with Gasteiger partial charge in [0.15, 0.2) is 0 Å². The fourth-order valence-corrected chi connectivity index (χ4v) is 0.971. The van der Waals surface area contributed by atoms with Crippen LogP contribution in [-0.2, 0) is 0 Å². The first-order chi connectivity index (χ1) is 3.72. The van der Waals surface area contributed by atoms with E-state index in [-0.39, 0.29) is 0 Å². The lowest BCUT2D eigenvalue weighted by Crippen LogP contribution is -1.59. The zero-order valence-corrected chi connectivity index (χ0v) is 7.41. The molecule has 0 fully saturated rings. The molecule has 0 saturated carbocycles. The number of rotatable bonds is 0. The van der Waals surface area contributed by atoms with E-state index in [0.29, 0.717) is 0 Å². The molecule has 0 aliphatic heterocycles. The van der Waals surface area contributed by atoms with E-state index in [2.05, 4.69) is 31.9 Å². The van der Waals surface area contributed by atoms with Crippen LogP contribution in [-0.4, -0.2) is 0 Å². The lowest BCUT2D eigenvalue weighted by atomic mass is 10.5. The SMILES string of the molecule is Cc1occ(Br)c1Br. The fourth-order valence-electron chi connectivity index (χ4n) is 0.412. The van der Waals surface area contributed by atoms with Crippen molar-refractivity contribution >= 4 is 31.9 Å². The van der Waals surface area contributed by atoms with Crippen molar-refractivity contribution in [2.24, 2.45) is 0 Å². The van der Waals surface area contributed by atoms with Crippen LogP contribution in [0.4, 0.5) is 0 Å². The van der Waals surface area contributed by atoms with Crippen molar-refractivity contribution in [3.63, 3.8) is 0 Å². The van der Waals surface area contributed by atoms with Gasteiger partial charge in [-0.3, -0.25) is 0 Å². The third-order valence-electron chi connectivity index (χ3n) is 0.858. The highest BCUT2D eigenvalue weighted by atomic mass is 79.9. The van der Waals surface area contributed by atoms with E-state index in [4.69, 9.17) is 4.42 Å². The topological polar surface area (TPSA) is 13.1 Å². The summed E-state index contributed by atoms with van der Waals surface area (Å²) >= 11 is 6.58. The van der Waals surface area contributed by atoms with Crippen LogP contribution in [0.15, 0.2) is 19.6 Å². The molecule has 1 aromatic rings. The second-order valence-electron chi connectivity index (χ2n) is 1.45. The maximum absolute atomic E-state index is 5.00. The van der Waals surface area contributed by atoms with Gasteiger partial charge in [0.25, 0.3) is 0 Å². The first-order valence-corrected chi connectivity index (χ1v) is 3.69. The van der Waals surface area contributed by atoms with Crippen LogP contribution in [0.25, 0.3) is 0 Å². The summed E-state index contributed by atoms with van der Waals surface area (Å²) in [5.74, 6) is 0.900. The Morgan fingerprint density at radius 3 is 2.25 bits per heavy atom. The molecule has 0 aromatic carbocycles. The van der Waals surface area contributed by atoms with Crippen LogP contribution >= 0.6 is 31.9 Å². The molecule has 0 atom stereocenters. The summed E-state index contributed by atoms with van der Waals surface area (Å²) in [7, 11) is 0. The Labute approximate surface area is 64.3 Å². The van der Waals surface area contributed by atoms with E-state index >= 15 is 0 Å². The molecule has 0 N–H and O–H groups in total. The molecule has 44 valence electrons. The second-order valence-corrected chi connectivity index (χ2v) is 3.10. The van der Waals surface area contributed by atoms with Crippen LogP contribution in [0, 0.1) is 6.92 Å². The van der Waals surface area contributed by atoms with Gasteiger partial charge in [-0.25, -0.2) is 0 Å². The molecule has 1 heterocycles. The first kappa shape index (κ1) is 6.36. The van der Waals surface area contributed by atoms with E-state index < -0.39 is 0 Å². The molecule has 1 nitrogen and oxygen atoms in total. The average Bonchev–Trinajstić information content (AvgIpc) is 1.98. The van der Waals surface area contributed by atoms with Crippen LogP contribution in [0.5, 0.6) is 0 Å². The minimum Gasteiger partial charge on any atom is -0.467 e. The Morgan fingerprint density at radius 1 is 1.50 bits per heavy atom. The van der Waals surface area contributed by atoms with E-state index in [1.165, 1.54) is 0 Å². The Morgan fingerprint density at radius 2 is 2.12 bits per heavy atom. The number of hydrogen-bond acceptors (Lipinski definition) is 1. The predicted molar refractivity (Wildman–Crippen MR) is 38.8 cm³/mol. The third-order valence-corrected chi connectivity index (χ3v) is 2.96. The van der Waals surface area contributed by atoms with E-state index in [1.54, 1.807) is 6.26 Å². The molecule has 0 saturated heterocycles. The minimum absolute atomic E-state index is 0.900. The summed E-state index contributed by atoms with van der Waals surface area (Å²) in [5.41, 5.74) is 0. The van der Waals surface area contributed by atoms with Crippen LogP contribution in [0.1, 0.15) is 5.76 Å². The molecule has 0 aliphatic rings. The summed E-state index contributed by atoms with van der Waals surface area (Å²) in [5, 5.41) is 0. The van der Waals surface area contributed by atoms with Gasteiger partial charge >= 0.3 is 0 Å². The Bertz CT molecular complexity index is 173. The summed E-state index contributed by atoms with van der Waals surface area (Å²) in [6, 6.07) is 0. The van der Waals surface area contributed by atoms with Gasteiger partial charge < -0.3 is 4.42 Å². The Kier molecular flexibility index (Phi) is 1.77. The van der Waals surface area contributed by atoms with Crippen molar-refractivity contribution in [3.05, 3.63) is 21.0 Å². The molecule has 8 heavy (non-hydrogen) atoms. The molecular weight excluding hydrogens is 236 g/mol. The normalized spacial score (nSPS) is 9.88. The van der Waals surface area contributed by atoms with Crippen molar-refractivity contribution in [2.75, 3.05) is 0 Å². The summed E-state index contributed by atoms with van der Waals surface area (Å²) in [4.78, 5) is 0. The van der Waals surface area contributed by atoms with Gasteiger partial charge in [-0.15, -0.1) is 0 Å². The van der Waals surface area contributed by atoms with E-state index in [0.717, 1.165) is 14.7 Å². The maximum atomic E-state index is 5.00. The lowest BCUT2D eigenvalue weighted by Gasteiger charge is -1.80. The standard InChI is InChI=1S/C5H4Br2O/c1-3-5(7)4(6)2-8-3/h2H,1H3. The zero-order chi connectivity index (χ0) is 6.15. The fraction of sp³-hybridized carbons (Fsp3) is 0.200. The van der Waals surface area contributed by atoms with Crippen LogP contribution in [0.3, 0.4) is 0 Å². The second kappa shape index (κ2) is 2.23. The van der Waals surface area contributed by atoms with Crippen molar-refractivity contribution in [1.29, 1.82) is 0 Å². The Balaban J connectivity index is 3.19. The van der Waals surface area contributed by atoms with Gasteiger partial charge in [-0.1, -0.05) is 0 Å². The van der Waals surface area contributed by atoms with Gasteiger partial charge in [-0.2, -0.15) is 0 Å². The number of aryl methyl sites for hydroxylation is 1. The largest absolute Gasteiger partial charge is 0.467 e. The van der Waals surface area contributed by atoms with Crippen molar-refractivity contribution < 1.29 is 4.42 Å². The molecule has 0 bridgehead atoms. The highest BCUT2D eigenvalue weighted by Gasteiger charge is 2.01. The highest BCUT2D eigenvalue weighted by molar-refractivity contribution is 9.13. The quantitative estimate of drug-likeness (QED) is 0.678. The van der Waals surface area contributed by atoms with Gasteiger partial charge in [0.2, 0.25) is 0 Å². The van der Waals surface area contributed by atoms with Crippen LogP contribution in [0.2, 0.25) is 0 Å². The summed E-state index contributed by atoms with van der Waals surface area (Å²) < 4.78 is 6.97. The van der Waals surface area contributed by atoms with Crippen molar-refractivity contribution in [3.8, 4) is 0 Å². The minimum atomic E-state index is 0.900. The molecule has 0 amide bonds. The first-order valence-electron chi connectivity index (χ1n) is 2.11. The van der Waals surface area contributed by atoms with Gasteiger partial charge in [-0.05, 0) is 38.8 Å². The maximum Gasteiger partial charge on any atom is 0.116 e. The smallest absolute Gasteiger partial charge is 0.116 e. The van der Waals surface area contributed by atoms with E-state index in [9.17, 15) is 0 Å². The molecule has 0 aliphatic carbocycles. The van der Waals surface area contributed by atoms with Gasteiger partial charge in [0.05, 0.1) is 8.95 Å². The van der Waals surface area contributed by atoms with Crippen LogP contribution < -0.4 is 0 Å². The molecule has 1 aromatic heterocycles. The molecule has 0 spiro atoms. The summed E-state index contributed by atoms with van der Waals surface area (Å²) in [6.07, 6.45) is 1.65. The highest BCUT2D eigenvalue weighted by Crippen LogP contribution is 2.27. The number of halogens is 2. The molecular formula is C5H4Br2O. The zero-order valence-electron chi connectivity index (χ0n) is 4.24. The van der Waals surface area contributed by atoms with E-state index in [1.807, 2.05) is 6.92 Å². The number of furan rings is 1. The third kappa shape index (κ3) is 0.977. The average molecular weight is 240 g/mol. The van der Waals surface area contributed by atoms with Gasteiger partial charge in [0.1, 0.15) is 12.0 Å². The predicted octanol–water partition coefficient (Wildman–Crippen LogP) is 3.11. The Hall–Kier alpha value is 0.240. The lowest BCUT2D eigenvalue weighted by molar-refractivity contribution is 0.531. The molecule has 3 heteroatoms. The van der Waals surface area contributed by atoms with Crippen molar-refractivity contribution in [1.82, 2.24) is 0 Å². The monoisotopic (exact) mass is 238 g/mol. The summed E-state index contributed by atoms with van der Waals surface area (Å²) in [6.45, 7) is 1.90. The molecule has 0 radical (unpaired) electrons. The number of hydrogen-bond donors (Lipinski definition) is 0. The molecule has 1 rings (SSSR count). The van der Waals surface area contributed by atoms with Gasteiger partial charge in [0, 0.05) is 0 Å².